The largest absolute Gasteiger partial charge is 0.381 e. The zero-order chi connectivity index (χ0) is 25.9. The summed E-state index contributed by atoms with van der Waals surface area (Å²) < 4.78 is 70.0. The van der Waals surface area contributed by atoms with Crippen molar-refractivity contribution in [3.05, 3.63) is 63.3 Å². The molecule has 0 radical (unpaired) electrons. The molecule has 36 heavy (non-hydrogen) atoms. The van der Waals surface area contributed by atoms with E-state index in [-0.39, 0.29) is 35.7 Å². The predicted octanol–water partition coefficient (Wildman–Crippen LogP) is 4.36. The van der Waals surface area contributed by atoms with Crippen LogP contribution in [0.2, 0.25) is 0 Å². The van der Waals surface area contributed by atoms with E-state index in [0.717, 1.165) is 36.0 Å². The Hall–Kier alpha value is -2.95. The van der Waals surface area contributed by atoms with Crippen LogP contribution in [0, 0.1) is 17.7 Å². The minimum Gasteiger partial charge on any atom is -0.381 e. The fraction of sp³-hybridized carbons (Fsp3) is 0.520. The number of carbonyl (C=O) groups is 1. The maximum Gasteiger partial charge on any atom is 0.268 e. The van der Waals surface area contributed by atoms with Crippen LogP contribution < -0.4 is 16.2 Å². The summed E-state index contributed by atoms with van der Waals surface area (Å²) in [6, 6.07) is 2.40. The van der Waals surface area contributed by atoms with Crippen molar-refractivity contribution in [1.29, 1.82) is 0 Å². The molecular formula is C25H27F5N4O2. The maximum atomic E-state index is 14.6. The molecule has 0 bridgehead atoms. The number of piperidine rings is 1. The number of carbonyl (C=O) groups excluding carboxylic acids is 1. The van der Waals surface area contributed by atoms with Crippen molar-refractivity contribution in [2.75, 3.05) is 25.5 Å². The molecule has 1 aliphatic heterocycles. The molecule has 2 N–H and O–H groups in total. The van der Waals surface area contributed by atoms with Crippen LogP contribution in [0.25, 0.3) is 0 Å². The summed E-state index contributed by atoms with van der Waals surface area (Å²) in [5, 5.41) is 5.82. The van der Waals surface area contributed by atoms with Crippen LogP contribution in [0.4, 0.5) is 27.6 Å². The first kappa shape index (κ1) is 24.7. The molecule has 1 amide bonds. The first-order valence-electron chi connectivity index (χ1n) is 11.9. The second-order valence-electron chi connectivity index (χ2n) is 10.1. The van der Waals surface area contributed by atoms with Crippen LogP contribution in [-0.2, 0) is 0 Å². The average Bonchev–Trinajstić information content (AvgIpc) is 3.24. The van der Waals surface area contributed by atoms with E-state index in [2.05, 4.69) is 15.5 Å². The summed E-state index contributed by atoms with van der Waals surface area (Å²) in [6.07, 6.45) is -2.14. The number of fused-ring (bicyclic) bond motifs is 1. The van der Waals surface area contributed by atoms with Crippen molar-refractivity contribution < 1.29 is 26.7 Å². The van der Waals surface area contributed by atoms with E-state index in [0.29, 0.717) is 11.8 Å². The number of likely N-dealkylation sites (tertiary alicyclic amines) is 1. The number of alkyl halides is 4. The zero-order valence-electron chi connectivity index (χ0n) is 19.8. The highest BCUT2D eigenvalue weighted by atomic mass is 19.3. The number of rotatable bonds is 7. The smallest absolute Gasteiger partial charge is 0.268 e. The number of nitrogens with zero attached hydrogens (tertiary/aromatic N) is 2. The number of halogens is 5. The molecule has 1 saturated heterocycles. The molecule has 0 spiro atoms. The summed E-state index contributed by atoms with van der Waals surface area (Å²) in [7, 11) is 2.01. The van der Waals surface area contributed by atoms with Gasteiger partial charge in [-0.15, -0.1) is 0 Å². The highest BCUT2D eigenvalue weighted by Crippen LogP contribution is 2.48. The number of nitrogens with one attached hydrogen (secondary N) is 2. The Morgan fingerprint density at radius 2 is 1.83 bits per heavy atom. The Morgan fingerprint density at radius 1 is 1.17 bits per heavy atom. The van der Waals surface area contributed by atoms with Crippen molar-refractivity contribution in [3.8, 4) is 0 Å². The number of pyridine rings is 1. The minimum absolute atomic E-state index is 0.0344. The highest BCUT2D eigenvalue weighted by Gasteiger charge is 2.55. The van der Waals surface area contributed by atoms with Gasteiger partial charge in [0.05, 0.1) is 22.9 Å². The lowest BCUT2D eigenvalue weighted by molar-refractivity contribution is -0.123. The van der Waals surface area contributed by atoms with Crippen LogP contribution in [0.5, 0.6) is 0 Å². The van der Waals surface area contributed by atoms with Crippen LogP contribution in [-0.4, -0.2) is 47.5 Å². The zero-order valence-corrected chi connectivity index (χ0v) is 19.8. The number of amides is 1. The van der Waals surface area contributed by atoms with E-state index in [1.807, 2.05) is 7.05 Å². The van der Waals surface area contributed by atoms with E-state index in [9.17, 15) is 31.5 Å². The van der Waals surface area contributed by atoms with Crippen molar-refractivity contribution in [2.45, 2.75) is 50.2 Å². The van der Waals surface area contributed by atoms with Crippen molar-refractivity contribution in [3.63, 3.8) is 0 Å². The Bertz CT molecular complexity index is 1240. The molecule has 1 aromatic heterocycles. The van der Waals surface area contributed by atoms with E-state index < -0.39 is 47.3 Å². The normalized spacial score (nSPS) is 27.3. The van der Waals surface area contributed by atoms with Crippen LogP contribution in [0.15, 0.2) is 35.3 Å². The Labute approximate surface area is 204 Å². The van der Waals surface area contributed by atoms with Gasteiger partial charge in [-0.05, 0) is 32.2 Å². The van der Waals surface area contributed by atoms with Gasteiger partial charge in [0.25, 0.3) is 23.8 Å². The van der Waals surface area contributed by atoms with Gasteiger partial charge in [-0.2, -0.15) is 0 Å². The molecule has 5 rings (SSSR count). The fourth-order valence-electron chi connectivity index (χ4n) is 5.48. The number of benzene rings is 1. The van der Waals surface area contributed by atoms with E-state index in [4.69, 9.17) is 0 Å². The lowest BCUT2D eigenvalue weighted by Crippen LogP contribution is -2.45. The predicted molar refractivity (Wildman–Crippen MR) is 123 cm³/mol. The van der Waals surface area contributed by atoms with Gasteiger partial charge in [0, 0.05) is 43.4 Å². The first-order valence-corrected chi connectivity index (χ1v) is 11.9. The van der Waals surface area contributed by atoms with Crippen LogP contribution in [0.3, 0.4) is 0 Å². The molecule has 2 aliphatic carbocycles. The second kappa shape index (κ2) is 8.86. The lowest BCUT2D eigenvalue weighted by Gasteiger charge is -2.37. The van der Waals surface area contributed by atoms with Crippen LogP contribution >= 0.6 is 0 Å². The summed E-state index contributed by atoms with van der Waals surface area (Å²) in [4.78, 5) is 28.2. The maximum absolute atomic E-state index is 14.6. The topological polar surface area (TPSA) is 66.4 Å². The Morgan fingerprint density at radius 3 is 2.42 bits per heavy atom. The Kier molecular flexibility index (Phi) is 6.09. The number of hydrogen-bond donors (Lipinski definition) is 2. The molecule has 2 aromatic rings. The van der Waals surface area contributed by atoms with Gasteiger partial charge < -0.3 is 20.1 Å². The van der Waals surface area contributed by atoms with E-state index in [1.165, 1.54) is 19.1 Å². The molecule has 3 aliphatic rings. The molecule has 0 unspecified atom stereocenters. The number of anilines is 1. The first-order chi connectivity index (χ1) is 17.0. The molecule has 194 valence electrons. The van der Waals surface area contributed by atoms with Crippen molar-refractivity contribution >= 4 is 11.6 Å². The number of hydrogen-bond acceptors (Lipinski definition) is 4. The van der Waals surface area contributed by atoms with Gasteiger partial charge in [0.1, 0.15) is 11.9 Å². The molecule has 3 fully saturated rings. The van der Waals surface area contributed by atoms with Crippen LogP contribution in [0.1, 0.15) is 59.8 Å². The van der Waals surface area contributed by atoms with Crippen molar-refractivity contribution in [1.82, 2.24) is 14.8 Å². The standard InChI is InChI=1S/C25H27F5N4O2/c1-12(13-4-3-5-14(21(13)26)23(27)28)31-24(36)17-11-34(19-6-7-25(19,29)30)20(35)8-18(17)32-22-15-9-33(2)10-16(15)22/h3-5,8,11-12,15-16,19,22-23,32H,6-7,9-10H2,1-2H3,(H,31,36)/t12-,15-,16+,19-,22-/m1/s1. The minimum atomic E-state index is -3.06. The summed E-state index contributed by atoms with van der Waals surface area (Å²) >= 11 is 0. The SMILES string of the molecule is C[C@@H](NC(=O)c1cn([C@@H]2CCC2(F)F)c(=O)cc1N[C@@H]1[C@@H]2CN(C)C[C@@H]21)c1cccc(C(F)F)c1F. The fourth-order valence-corrected chi connectivity index (χ4v) is 5.48. The lowest BCUT2D eigenvalue weighted by atomic mass is 9.87. The average molecular weight is 511 g/mol. The van der Waals surface area contributed by atoms with Gasteiger partial charge in [-0.25, -0.2) is 22.0 Å². The van der Waals surface area contributed by atoms with Gasteiger partial charge in [-0.1, -0.05) is 18.2 Å². The molecule has 5 atom stereocenters. The third kappa shape index (κ3) is 4.27. The second-order valence-corrected chi connectivity index (χ2v) is 10.1. The molecule has 1 aromatic carbocycles. The summed E-state index contributed by atoms with van der Waals surface area (Å²) in [5.74, 6) is -4.20. The van der Waals surface area contributed by atoms with E-state index >= 15 is 0 Å². The van der Waals surface area contributed by atoms with Gasteiger partial charge in [0.2, 0.25) is 0 Å². The third-order valence-electron chi connectivity index (χ3n) is 7.71. The number of aromatic nitrogens is 1. The molecule has 2 saturated carbocycles. The summed E-state index contributed by atoms with van der Waals surface area (Å²) in [6.45, 7) is 3.17. The van der Waals surface area contributed by atoms with Crippen molar-refractivity contribution in [2.24, 2.45) is 11.8 Å². The highest BCUT2D eigenvalue weighted by molar-refractivity contribution is 5.99. The summed E-state index contributed by atoms with van der Waals surface area (Å²) in [5.41, 5.74) is -1.37. The van der Waals surface area contributed by atoms with Gasteiger partial charge in [-0.3, -0.25) is 9.59 Å². The molecule has 2 heterocycles. The monoisotopic (exact) mass is 510 g/mol. The molecule has 6 nitrogen and oxygen atoms in total. The molecule has 11 heteroatoms. The van der Waals surface area contributed by atoms with Gasteiger partial charge in [0.15, 0.2) is 0 Å². The third-order valence-corrected chi connectivity index (χ3v) is 7.71. The Balaban J connectivity index is 1.44. The van der Waals surface area contributed by atoms with E-state index in [1.54, 1.807) is 0 Å². The molecular weight excluding hydrogens is 483 g/mol. The van der Waals surface area contributed by atoms with Gasteiger partial charge >= 0.3 is 0 Å². The quantitative estimate of drug-likeness (QED) is 0.544.